The number of hydrogen-bond donors (Lipinski definition) is 0. The van der Waals surface area contributed by atoms with Crippen LogP contribution >= 0.6 is 0 Å². The maximum absolute atomic E-state index is 11.6. The molecule has 0 bridgehead atoms. The summed E-state index contributed by atoms with van der Waals surface area (Å²) in [7, 11) is 0. The second kappa shape index (κ2) is 3.80. The van der Waals surface area contributed by atoms with Crippen LogP contribution in [0.25, 0.3) is 0 Å². The number of hydrogen-bond acceptors (Lipinski definition) is 1. The molecular formula is C4H4F6O. The van der Waals surface area contributed by atoms with Crippen LogP contribution in [0.3, 0.4) is 0 Å². The quantitative estimate of drug-likeness (QED) is 0.607. The van der Waals surface area contributed by atoms with E-state index in [0.717, 1.165) is 0 Å². The summed E-state index contributed by atoms with van der Waals surface area (Å²) < 4.78 is 70.4. The Labute approximate surface area is 57.9 Å². The smallest absolute Gasteiger partial charge is 0.334 e. The van der Waals surface area contributed by atoms with Crippen molar-refractivity contribution < 1.29 is 31.1 Å². The first-order chi connectivity index (χ1) is 4.83. The van der Waals surface area contributed by atoms with E-state index < -0.39 is 25.6 Å². The molecule has 0 saturated heterocycles. The summed E-state index contributed by atoms with van der Waals surface area (Å²) in [5.41, 5.74) is 0. The Balaban J connectivity index is 3.54. The van der Waals surface area contributed by atoms with Crippen molar-refractivity contribution in [1.82, 2.24) is 0 Å². The van der Waals surface area contributed by atoms with Crippen molar-refractivity contribution in [1.29, 1.82) is 0 Å². The van der Waals surface area contributed by atoms with Crippen molar-refractivity contribution in [2.75, 3.05) is 6.61 Å². The molecule has 0 aliphatic carbocycles. The molecule has 1 nitrogen and oxygen atoms in total. The molecule has 1 unspecified atom stereocenters. The topological polar surface area (TPSA) is 9.23 Å². The number of alkyl halides is 6. The first-order valence-electron chi connectivity index (χ1n) is 2.43. The van der Waals surface area contributed by atoms with Crippen LogP contribution in [0.4, 0.5) is 26.3 Å². The Morgan fingerprint density at radius 1 is 1.09 bits per heavy atom. The monoisotopic (exact) mass is 182 g/mol. The Morgan fingerprint density at radius 2 is 1.55 bits per heavy atom. The van der Waals surface area contributed by atoms with Crippen molar-refractivity contribution in [3.05, 3.63) is 0 Å². The summed E-state index contributed by atoms with van der Waals surface area (Å²) in [5.74, 6) is 0. The normalized spacial score (nSPS) is 15.5. The van der Waals surface area contributed by atoms with Gasteiger partial charge in [0, 0.05) is 0 Å². The van der Waals surface area contributed by atoms with E-state index in [0.29, 0.717) is 0 Å². The maximum Gasteiger partial charge on any atom is 0.411 e. The van der Waals surface area contributed by atoms with Crippen LogP contribution in [0.2, 0.25) is 0 Å². The van der Waals surface area contributed by atoms with Crippen molar-refractivity contribution in [2.24, 2.45) is 0 Å². The summed E-state index contributed by atoms with van der Waals surface area (Å²) in [5, 5.41) is 0. The molecular weight excluding hydrogens is 178 g/mol. The van der Waals surface area contributed by atoms with Crippen molar-refractivity contribution >= 4 is 0 Å². The molecule has 0 N–H and O–H groups in total. The van der Waals surface area contributed by atoms with Crippen LogP contribution in [0, 0.1) is 0 Å². The SMILES string of the molecule is FC(F)C(F)OCC(F)(F)F. The Morgan fingerprint density at radius 3 is 1.82 bits per heavy atom. The maximum atomic E-state index is 11.6. The van der Waals surface area contributed by atoms with Crippen LogP contribution in [-0.4, -0.2) is 25.6 Å². The lowest BCUT2D eigenvalue weighted by molar-refractivity contribution is -0.221. The van der Waals surface area contributed by atoms with Gasteiger partial charge in [-0.2, -0.15) is 13.2 Å². The predicted molar refractivity (Wildman–Crippen MR) is 22.9 cm³/mol. The molecule has 11 heavy (non-hydrogen) atoms. The van der Waals surface area contributed by atoms with Gasteiger partial charge in [-0.25, -0.2) is 13.2 Å². The van der Waals surface area contributed by atoms with Gasteiger partial charge in [0.2, 0.25) is 0 Å². The van der Waals surface area contributed by atoms with Crippen LogP contribution in [0.15, 0.2) is 0 Å². The third-order valence-corrected chi connectivity index (χ3v) is 0.604. The van der Waals surface area contributed by atoms with Crippen LogP contribution in [0.5, 0.6) is 0 Å². The summed E-state index contributed by atoms with van der Waals surface area (Å²) in [6.45, 7) is -2.00. The van der Waals surface area contributed by atoms with Gasteiger partial charge in [-0.05, 0) is 0 Å². The third-order valence-electron chi connectivity index (χ3n) is 0.604. The molecule has 0 spiro atoms. The van der Waals surface area contributed by atoms with Gasteiger partial charge in [-0.15, -0.1) is 0 Å². The summed E-state index contributed by atoms with van der Waals surface area (Å²) in [4.78, 5) is 0. The molecule has 7 heteroatoms. The first-order valence-corrected chi connectivity index (χ1v) is 2.43. The minimum absolute atomic E-state index is 2.00. The number of rotatable bonds is 3. The summed E-state index contributed by atoms with van der Waals surface area (Å²) in [6, 6.07) is 0. The lowest BCUT2D eigenvalue weighted by atomic mass is 10.6. The summed E-state index contributed by atoms with van der Waals surface area (Å²) in [6.07, 6.45) is -11.5. The molecule has 0 aliphatic heterocycles. The molecule has 0 amide bonds. The molecule has 0 aromatic heterocycles. The van der Waals surface area contributed by atoms with E-state index in [1.54, 1.807) is 0 Å². The molecule has 0 radical (unpaired) electrons. The Kier molecular flexibility index (Phi) is 3.64. The number of ether oxygens (including phenoxy) is 1. The van der Waals surface area contributed by atoms with Crippen LogP contribution in [0.1, 0.15) is 0 Å². The minimum Gasteiger partial charge on any atom is -0.334 e. The van der Waals surface area contributed by atoms with E-state index in [4.69, 9.17) is 0 Å². The Bertz CT molecular complexity index is 110. The lowest BCUT2D eigenvalue weighted by Crippen LogP contribution is -2.24. The standard InChI is InChI=1S/C4H4F6O/c5-2(6)3(7)11-1-4(8,9)10/h2-3H,1H2. The van der Waals surface area contributed by atoms with Gasteiger partial charge in [0.15, 0.2) is 0 Å². The zero-order valence-corrected chi connectivity index (χ0v) is 5.04. The van der Waals surface area contributed by atoms with E-state index in [1.165, 1.54) is 0 Å². The highest BCUT2D eigenvalue weighted by molar-refractivity contribution is 4.49. The molecule has 1 atom stereocenters. The van der Waals surface area contributed by atoms with Crippen molar-refractivity contribution in [3.63, 3.8) is 0 Å². The zero-order chi connectivity index (χ0) is 9.07. The highest BCUT2D eigenvalue weighted by Gasteiger charge is 2.31. The first kappa shape index (κ1) is 10.5. The van der Waals surface area contributed by atoms with Gasteiger partial charge in [0.25, 0.3) is 12.8 Å². The number of halogens is 6. The van der Waals surface area contributed by atoms with Crippen molar-refractivity contribution in [2.45, 2.75) is 19.0 Å². The van der Waals surface area contributed by atoms with Gasteiger partial charge in [-0.1, -0.05) is 0 Å². The van der Waals surface area contributed by atoms with Gasteiger partial charge in [0.1, 0.15) is 6.61 Å². The van der Waals surface area contributed by atoms with Crippen molar-refractivity contribution in [3.8, 4) is 0 Å². The fourth-order valence-corrected chi connectivity index (χ4v) is 0.247. The predicted octanol–water partition coefficient (Wildman–Crippen LogP) is 2.13. The average molecular weight is 182 g/mol. The van der Waals surface area contributed by atoms with E-state index in [2.05, 4.69) is 4.74 Å². The minimum atomic E-state index is -4.78. The van der Waals surface area contributed by atoms with E-state index in [-0.39, 0.29) is 0 Å². The van der Waals surface area contributed by atoms with Gasteiger partial charge >= 0.3 is 6.18 Å². The van der Waals surface area contributed by atoms with Gasteiger partial charge < -0.3 is 4.74 Å². The molecule has 0 aromatic rings. The van der Waals surface area contributed by atoms with E-state index >= 15 is 0 Å². The van der Waals surface area contributed by atoms with Crippen LogP contribution < -0.4 is 0 Å². The average Bonchev–Trinajstić information content (AvgIpc) is 1.80. The largest absolute Gasteiger partial charge is 0.411 e. The molecule has 0 aliphatic rings. The van der Waals surface area contributed by atoms with Crippen LogP contribution in [-0.2, 0) is 4.74 Å². The molecule has 0 fully saturated rings. The second-order valence-electron chi connectivity index (χ2n) is 1.61. The lowest BCUT2D eigenvalue weighted by Gasteiger charge is -2.10. The highest BCUT2D eigenvalue weighted by Crippen LogP contribution is 2.17. The van der Waals surface area contributed by atoms with Gasteiger partial charge in [0.05, 0.1) is 0 Å². The molecule has 0 rings (SSSR count). The molecule has 0 saturated carbocycles. The van der Waals surface area contributed by atoms with Gasteiger partial charge in [-0.3, -0.25) is 0 Å². The summed E-state index contributed by atoms with van der Waals surface area (Å²) >= 11 is 0. The second-order valence-corrected chi connectivity index (χ2v) is 1.61. The third kappa shape index (κ3) is 5.96. The molecule has 0 aromatic carbocycles. The van der Waals surface area contributed by atoms with E-state index in [1.807, 2.05) is 0 Å². The zero-order valence-electron chi connectivity index (χ0n) is 5.04. The Hall–Kier alpha value is -0.460. The molecule has 68 valence electrons. The highest BCUT2D eigenvalue weighted by atomic mass is 19.4. The van der Waals surface area contributed by atoms with E-state index in [9.17, 15) is 26.3 Å². The molecule has 0 heterocycles. The fraction of sp³-hybridized carbons (Fsp3) is 1.00. The fourth-order valence-electron chi connectivity index (χ4n) is 0.247.